The summed E-state index contributed by atoms with van der Waals surface area (Å²) in [5.41, 5.74) is 1.49. The minimum atomic E-state index is 0.916. The van der Waals surface area contributed by atoms with Crippen LogP contribution in [0.3, 0.4) is 0 Å². The fourth-order valence-electron chi connectivity index (χ4n) is 1.77. The van der Waals surface area contributed by atoms with Crippen LogP contribution in [0.25, 0.3) is 0 Å². The topological polar surface area (TPSA) is 0 Å². The van der Waals surface area contributed by atoms with E-state index in [2.05, 4.69) is 19.9 Å². The SMILES string of the molecule is CC.CC(C)=CC1CCCCC1. The van der Waals surface area contributed by atoms with Crippen molar-refractivity contribution in [3.05, 3.63) is 11.6 Å². The van der Waals surface area contributed by atoms with Gasteiger partial charge in [0.05, 0.1) is 0 Å². The Balaban J connectivity index is 0.000000561. The van der Waals surface area contributed by atoms with Gasteiger partial charge in [-0.3, -0.25) is 0 Å². The van der Waals surface area contributed by atoms with Gasteiger partial charge in [-0.05, 0) is 32.6 Å². The summed E-state index contributed by atoms with van der Waals surface area (Å²) >= 11 is 0. The van der Waals surface area contributed by atoms with Crippen LogP contribution in [0.5, 0.6) is 0 Å². The maximum atomic E-state index is 2.44. The smallest absolute Gasteiger partial charge is 0.0231 e. The molecule has 0 aromatic carbocycles. The van der Waals surface area contributed by atoms with Gasteiger partial charge in [-0.15, -0.1) is 0 Å². The van der Waals surface area contributed by atoms with Gasteiger partial charge in [0.1, 0.15) is 0 Å². The fraction of sp³-hybridized carbons (Fsp3) is 0.833. The third kappa shape index (κ3) is 5.40. The van der Waals surface area contributed by atoms with Crippen molar-refractivity contribution in [2.24, 2.45) is 5.92 Å². The quantitative estimate of drug-likeness (QED) is 0.503. The lowest BCUT2D eigenvalue weighted by atomic mass is 9.88. The Hall–Kier alpha value is -0.260. The lowest BCUT2D eigenvalue weighted by Crippen LogP contribution is -2.02. The number of hydrogen-bond donors (Lipinski definition) is 0. The van der Waals surface area contributed by atoms with Crippen molar-refractivity contribution in [1.82, 2.24) is 0 Å². The molecule has 0 heteroatoms. The Kier molecular flexibility index (Phi) is 7.23. The van der Waals surface area contributed by atoms with Gasteiger partial charge in [0.25, 0.3) is 0 Å². The van der Waals surface area contributed by atoms with Crippen LogP contribution in [-0.4, -0.2) is 0 Å². The summed E-state index contributed by atoms with van der Waals surface area (Å²) in [7, 11) is 0. The van der Waals surface area contributed by atoms with Crippen molar-refractivity contribution in [2.45, 2.75) is 59.8 Å². The van der Waals surface area contributed by atoms with Gasteiger partial charge in [0.2, 0.25) is 0 Å². The van der Waals surface area contributed by atoms with E-state index in [1.807, 2.05) is 13.8 Å². The number of allylic oxidation sites excluding steroid dienone is 2. The van der Waals surface area contributed by atoms with Gasteiger partial charge in [0, 0.05) is 0 Å². The van der Waals surface area contributed by atoms with E-state index in [0.717, 1.165) is 5.92 Å². The van der Waals surface area contributed by atoms with E-state index in [1.165, 1.54) is 37.7 Å². The first-order chi connectivity index (χ1) is 5.79. The van der Waals surface area contributed by atoms with Gasteiger partial charge in [-0.25, -0.2) is 0 Å². The Bertz CT molecular complexity index is 112. The first-order valence-corrected chi connectivity index (χ1v) is 5.44. The summed E-state index contributed by atoms with van der Waals surface area (Å²) in [6.07, 6.45) is 9.69. The maximum Gasteiger partial charge on any atom is -0.0231 e. The molecule has 1 aliphatic carbocycles. The monoisotopic (exact) mass is 168 g/mol. The first-order valence-electron chi connectivity index (χ1n) is 5.44. The Morgan fingerprint density at radius 2 is 1.50 bits per heavy atom. The number of rotatable bonds is 1. The standard InChI is InChI=1S/C10H18.C2H6/c1-9(2)8-10-6-4-3-5-7-10;1-2/h8,10H,3-7H2,1-2H3;1-2H3. The molecule has 1 aliphatic rings. The summed E-state index contributed by atoms with van der Waals surface area (Å²) < 4.78 is 0. The van der Waals surface area contributed by atoms with E-state index >= 15 is 0 Å². The largest absolute Gasteiger partial charge is 0.0828 e. The molecule has 0 aromatic rings. The van der Waals surface area contributed by atoms with Crippen molar-refractivity contribution < 1.29 is 0 Å². The molecule has 0 aromatic heterocycles. The highest BCUT2D eigenvalue weighted by molar-refractivity contribution is 4.97. The molecule has 0 saturated heterocycles. The third-order valence-corrected chi connectivity index (χ3v) is 2.22. The molecule has 0 radical (unpaired) electrons. The lowest BCUT2D eigenvalue weighted by Gasteiger charge is -2.18. The van der Waals surface area contributed by atoms with E-state index in [0.29, 0.717) is 0 Å². The van der Waals surface area contributed by atoms with Gasteiger partial charge >= 0.3 is 0 Å². The van der Waals surface area contributed by atoms with Gasteiger partial charge in [-0.2, -0.15) is 0 Å². The van der Waals surface area contributed by atoms with E-state index < -0.39 is 0 Å². The predicted octanol–water partition coefficient (Wildman–Crippen LogP) is 4.56. The molecule has 1 rings (SSSR count). The molecule has 0 aliphatic heterocycles. The van der Waals surface area contributed by atoms with Gasteiger partial charge in [-0.1, -0.05) is 44.8 Å². The second kappa shape index (κ2) is 7.39. The van der Waals surface area contributed by atoms with Gasteiger partial charge < -0.3 is 0 Å². The minimum absolute atomic E-state index is 0.916. The van der Waals surface area contributed by atoms with Crippen LogP contribution in [0.15, 0.2) is 11.6 Å². The molecule has 0 N–H and O–H groups in total. The molecule has 72 valence electrons. The molecule has 0 unspecified atom stereocenters. The second-order valence-corrected chi connectivity index (χ2v) is 3.64. The first kappa shape index (κ1) is 11.7. The van der Waals surface area contributed by atoms with Gasteiger partial charge in [0.15, 0.2) is 0 Å². The molecule has 0 atom stereocenters. The summed E-state index contributed by atoms with van der Waals surface area (Å²) in [6.45, 7) is 8.41. The normalized spacial score (nSPS) is 17.7. The zero-order chi connectivity index (χ0) is 9.40. The van der Waals surface area contributed by atoms with Crippen molar-refractivity contribution in [1.29, 1.82) is 0 Å². The molecule has 0 amide bonds. The van der Waals surface area contributed by atoms with Crippen molar-refractivity contribution >= 4 is 0 Å². The van der Waals surface area contributed by atoms with E-state index in [1.54, 1.807) is 0 Å². The van der Waals surface area contributed by atoms with Crippen LogP contribution < -0.4 is 0 Å². The molecule has 0 nitrogen and oxygen atoms in total. The lowest BCUT2D eigenvalue weighted by molar-refractivity contribution is 0.418. The summed E-state index contributed by atoms with van der Waals surface area (Å²) in [5.74, 6) is 0.916. The summed E-state index contributed by atoms with van der Waals surface area (Å²) in [5, 5.41) is 0. The highest BCUT2D eigenvalue weighted by Gasteiger charge is 2.09. The van der Waals surface area contributed by atoms with Crippen LogP contribution >= 0.6 is 0 Å². The van der Waals surface area contributed by atoms with E-state index in [-0.39, 0.29) is 0 Å². The molecule has 12 heavy (non-hydrogen) atoms. The molecule has 0 spiro atoms. The van der Waals surface area contributed by atoms with Crippen LogP contribution in [-0.2, 0) is 0 Å². The third-order valence-electron chi connectivity index (χ3n) is 2.22. The average Bonchev–Trinajstić information content (AvgIpc) is 2.08. The summed E-state index contributed by atoms with van der Waals surface area (Å²) in [4.78, 5) is 0. The minimum Gasteiger partial charge on any atom is -0.0828 e. The highest BCUT2D eigenvalue weighted by Crippen LogP contribution is 2.25. The molecule has 1 fully saturated rings. The van der Waals surface area contributed by atoms with Crippen LogP contribution in [0.2, 0.25) is 0 Å². The number of hydrogen-bond acceptors (Lipinski definition) is 0. The fourth-order valence-corrected chi connectivity index (χ4v) is 1.77. The molecular weight excluding hydrogens is 144 g/mol. The molecule has 0 heterocycles. The van der Waals surface area contributed by atoms with Crippen molar-refractivity contribution in [3.63, 3.8) is 0 Å². The molecular formula is C12H24. The molecule has 0 bridgehead atoms. The summed E-state index contributed by atoms with van der Waals surface area (Å²) in [6, 6.07) is 0. The van der Waals surface area contributed by atoms with Crippen molar-refractivity contribution in [2.75, 3.05) is 0 Å². The Morgan fingerprint density at radius 3 is 1.92 bits per heavy atom. The van der Waals surface area contributed by atoms with E-state index in [4.69, 9.17) is 0 Å². The second-order valence-electron chi connectivity index (χ2n) is 3.64. The van der Waals surface area contributed by atoms with E-state index in [9.17, 15) is 0 Å². The predicted molar refractivity (Wildman–Crippen MR) is 57.4 cm³/mol. The average molecular weight is 168 g/mol. The van der Waals surface area contributed by atoms with Crippen LogP contribution in [0.4, 0.5) is 0 Å². The Labute approximate surface area is 78.1 Å². The van der Waals surface area contributed by atoms with Crippen molar-refractivity contribution in [3.8, 4) is 0 Å². The maximum absolute atomic E-state index is 2.44. The van der Waals surface area contributed by atoms with Crippen LogP contribution in [0, 0.1) is 5.92 Å². The Morgan fingerprint density at radius 1 is 1.00 bits per heavy atom. The zero-order valence-electron chi connectivity index (χ0n) is 9.19. The van der Waals surface area contributed by atoms with Crippen LogP contribution in [0.1, 0.15) is 59.8 Å². The zero-order valence-corrected chi connectivity index (χ0v) is 9.19. The highest BCUT2D eigenvalue weighted by atomic mass is 14.1. The molecule has 1 saturated carbocycles.